The first-order chi connectivity index (χ1) is 17.7. The maximum Gasteiger partial charge on any atom is 0.344 e. The molecule has 0 radical (unpaired) electrons. The molecule has 8 nitrogen and oxygen atoms in total. The molecule has 0 spiro atoms. The molecule has 37 heavy (non-hydrogen) atoms. The molecular weight excluding hydrogens is 494 g/mol. The van der Waals surface area contributed by atoms with Gasteiger partial charge in [0.25, 0.3) is 0 Å². The normalized spacial score (nSPS) is 11.6. The summed E-state index contributed by atoms with van der Waals surface area (Å²) in [5, 5.41) is 1.88. The standard InChI is InChI=1S/C28H29NO7S/c1-18-8-11-21(12-9-18)37(32,33)29-16-6-4-5-7-26(30)35-25-15-14-23-22-13-10-20(34-3)17-24(22)28(31)36-27(23)19(25)2/h8-15,17,29H,4-7,16H2,1-3H3. The minimum absolute atomic E-state index is 0.184. The van der Waals surface area contributed by atoms with Gasteiger partial charge in [0.15, 0.2) is 0 Å². The van der Waals surface area contributed by atoms with E-state index in [1.165, 1.54) is 7.11 Å². The van der Waals surface area contributed by atoms with E-state index in [0.29, 0.717) is 47.3 Å². The van der Waals surface area contributed by atoms with Crippen LogP contribution in [0.15, 0.2) is 68.7 Å². The van der Waals surface area contributed by atoms with Crippen LogP contribution in [0.1, 0.15) is 36.8 Å². The number of sulfonamides is 1. The Hall–Kier alpha value is -3.69. The molecule has 194 valence electrons. The van der Waals surface area contributed by atoms with E-state index in [0.717, 1.165) is 16.3 Å². The molecule has 0 bridgehead atoms. The second kappa shape index (κ2) is 11.1. The molecule has 0 amide bonds. The topological polar surface area (TPSA) is 112 Å². The van der Waals surface area contributed by atoms with Crippen molar-refractivity contribution < 1.29 is 27.1 Å². The van der Waals surface area contributed by atoms with Crippen molar-refractivity contribution in [3.63, 3.8) is 0 Å². The van der Waals surface area contributed by atoms with E-state index in [-0.39, 0.29) is 17.9 Å². The number of aryl methyl sites for hydroxylation is 2. The summed E-state index contributed by atoms with van der Waals surface area (Å²) in [4.78, 5) is 25.2. The molecular formula is C28H29NO7S. The molecule has 0 aliphatic rings. The van der Waals surface area contributed by atoms with Gasteiger partial charge < -0.3 is 13.9 Å². The fraction of sp³-hybridized carbons (Fsp3) is 0.286. The number of benzene rings is 3. The van der Waals surface area contributed by atoms with Crippen LogP contribution in [0.5, 0.6) is 11.5 Å². The molecule has 1 aromatic heterocycles. The third-order valence-corrected chi connectivity index (χ3v) is 7.67. The Bertz CT molecular complexity index is 1610. The highest BCUT2D eigenvalue weighted by molar-refractivity contribution is 7.89. The molecule has 3 aromatic carbocycles. The third-order valence-electron chi connectivity index (χ3n) is 6.19. The molecule has 1 N–H and O–H groups in total. The van der Waals surface area contributed by atoms with Gasteiger partial charge in [-0.15, -0.1) is 0 Å². The Kier molecular flexibility index (Phi) is 7.94. The first kappa shape index (κ1) is 26.4. The average Bonchev–Trinajstić information content (AvgIpc) is 2.88. The van der Waals surface area contributed by atoms with Gasteiger partial charge in [-0.1, -0.05) is 24.1 Å². The smallest absolute Gasteiger partial charge is 0.344 e. The quantitative estimate of drug-likeness (QED) is 0.102. The number of rotatable bonds is 10. The van der Waals surface area contributed by atoms with Gasteiger partial charge in [0.05, 0.1) is 17.4 Å². The lowest BCUT2D eigenvalue weighted by atomic mass is 10.0. The number of methoxy groups -OCH3 is 1. The highest BCUT2D eigenvalue weighted by Crippen LogP contribution is 2.32. The molecule has 0 aliphatic heterocycles. The van der Waals surface area contributed by atoms with Crippen molar-refractivity contribution in [2.24, 2.45) is 0 Å². The summed E-state index contributed by atoms with van der Waals surface area (Å²) in [5.74, 6) is 0.486. The molecule has 0 unspecified atom stereocenters. The van der Waals surface area contributed by atoms with Crippen LogP contribution in [-0.4, -0.2) is 28.0 Å². The van der Waals surface area contributed by atoms with E-state index in [1.54, 1.807) is 61.5 Å². The van der Waals surface area contributed by atoms with E-state index in [1.807, 2.05) is 6.92 Å². The first-order valence-electron chi connectivity index (χ1n) is 12.0. The number of ether oxygens (including phenoxy) is 2. The average molecular weight is 524 g/mol. The van der Waals surface area contributed by atoms with E-state index in [4.69, 9.17) is 13.9 Å². The molecule has 9 heteroatoms. The minimum Gasteiger partial charge on any atom is -0.497 e. The summed E-state index contributed by atoms with van der Waals surface area (Å²) in [6.07, 6.45) is 1.99. The molecule has 0 saturated carbocycles. The van der Waals surface area contributed by atoms with Crippen LogP contribution in [0.3, 0.4) is 0 Å². The molecule has 0 aliphatic carbocycles. The lowest BCUT2D eigenvalue weighted by molar-refractivity contribution is -0.134. The van der Waals surface area contributed by atoms with Gasteiger partial charge in [-0.3, -0.25) is 4.79 Å². The van der Waals surface area contributed by atoms with E-state index >= 15 is 0 Å². The fourth-order valence-electron chi connectivity index (χ4n) is 4.08. The summed E-state index contributed by atoms with van der Waals surface area (Å²) in [6, 6.07) is 15.3. The van der Waals surface area contributed by atoms with Crippen LogP contribution in [0, 0.1) is 13.8 Å². The van der Waals surface area contributed by atoms with Crippen LogP contribution in [0.25, 0.3) is 21.7 Å². The predicted octanol–water partition coefficient (Wildman–Crippen LogP) is 5.02. The van der Waals surface area contributed by atoms with Gasteiger partial charge in [-0.25, -0.2) is 17.9 Å². The number of carbonyl (C=O) groups is 1. The molecule has 0 saturated heterocycles. The van der Waals surface area contributed by atoms with Crippen molar-refractivity contribution >= 4 is 37.7 Å². The fourth-order valence-corrected chi connectivity index (χ4v) is 5.16. The highest BCUT2D eigenvalue weighted by atomic mass is 32.2. The lowest BCUT2D eigenvalue weighted by Gasteiger charge is -2.11. The SMILES string of the molecule is COc1ccc2c(c1)c(=O)oc1c(C)c(OC(=O)CCCCCNS(=O)(=O)c3ccc(C)cc3)ccc12. The van der Waals surface area contributed by atoms with Crippen LogP contribution in [0.2, 0.25) is 0 Å². The van der Waals surface area contributed by atoms with Gasteiger partial charge in [-0.2, -0.15) is 0 Å². The van der Waals surface area contributed by atoms with Gasteiger partial charge in [0.2, 0.25) is 10.0 Å². The Balaban J connectivity index is 1.32. The summed E-state index contributed by atoms with van der Waals surface area (Å²) < 4.78 is 43.5. The minimum atomic E-state index is -3.54. The molecule has 4 rings (SSSR count). The second-order valence-electron chi connectivity index (χ2n) is 8.86. The zero-order valence-electron chi connectivity index (χ0n) is 21.0. The van der Waals surface area contributed by atoms with Gasteiger partial charge in [0, 0.05) is 29.3 Å². The Morgan fingerprint density at radius 3 is 2.38 bits per heavy atom. The largest absolute Gasteiger partial charge is 0.497 e. The van der Waals surface area contributed by atoms with Crippen LogP contribution < -0.4 is 19.8 Å². The van der Waals surface area contributed by atoms with Crippen LogP contribution in [-0.2, 0) is 14.8 Å². The van der Waals surface area contributed by atoms with Crippen LogP contribution >= 0.6 is 0 Å². The lowest BCUT2D eigenvalue weighted by Crippen LogP contribution is -2.24. The van der Waals surface area contributed by atoms with Crippen molar-refractivity contribution in [2.45, 2.75) is 44.4 Å². The van der Waals surface area contributed by atoms with Crippen LogP contribution in [0.4, 0.5) is 0 Å². The zero-order chi connectivity index (χ0) is 26.6. The molecule has 4 aromatic rings. The molecule has 0 fully saturated rings. The monoisotopic (exact) mass is 523 g/mol. The summed E-state index contributed by atoms with van der Waals surface area (Å²) >= 11 is 0. The number of hydrogen-bond donors (Lipinski definition) is 1. The van der Waals surface area contributed by atoms with Gasteiger partial charge in [0.1, 0.15) is 17.1 Å². The maximum atomic E-state index is 12.6. The number of fused-ring (bicyclic) bond motifs is 3. The maximum absolute atomic E-state index is 12.6. The van der Waals surface area contributed by atoms with Crippen molar-refractivity contribution in [2.75, 3.05) is 13.7 Å². The Labute approximate surface area is 215 Å². The third kappa shape index (κ3) is 6.00. The van der Waals surface area contributed by atoms with Gasteiger partial charge in [-0.05, 0) is 69.2 Å². The number of nitrogens with one attached hydrogen (secondary N) is 1. The van der Waals surface area contributed by atoms with Crippen molar-refractivity contribution in [3.8, 4) is 11.5 Å². The number of hydrogen-bond acceptors (Lipinski definition) is 7. The first-order valence-corrected chi connectivity index (χ1v) is 13.5. The number of esters is 1. The second-order valence-corrected chi connectivity index (χ2v) is 10.6. The zero-order valence-corrected chi connectivity index (χ0v) is 21.8. The van der Waals surface area contributed by atoms with E-state index in [9.17, 15) is 18.0 Å². The van der Waals surface area contributed by atoms with Crippen molar-refractivity contribution in [3.05, 3.63) is 76.1 Å². The molecule has 1 heterocycles. The highest BCUT2D eigenvalue weighted by Gasteiger charge is 2.16. The summed E-state index contributed by atoms with van der Waals surface area (Å²) in [5.41, 5.74) is 1.43. The summed E-state index contributed by atoms with van der Waals surface area (Å²) in [6.45, 7) is 3.92. The Morgan fingerprint density at radius 1 is 0.919 bits per heavy atom. The summed E-state index contributed by atoms with van der Waals surface area (Å²) in [7, 11) is -2.01. The van der Waals surface area contributed by atoms with Crippen molar-refractivity contribution in [1.82, 2.24) is 4.72 Å². The number of carbonyl (C=O) groups excluding carboxylic acids is 1. The van der Waals surface area contributed by atoms with Crippen molar-refractivity contribution in [1.29, 1.82) is 0 Å². The van der Waals surface area contributed by atoms with Gasteiger partial charge >= 0.3 is 11.6 Å². The number of unbranched alkanes of at least 4 members (excludes halogenated alkanes) is 2. The predicted molar refractivity (Wildman–Crippen MR) is 142 cm³/mol. The van der Waals surface area contributed by atoms with E-state index < -0.39 is 21.6 Å². The molecule has 0 atom stereocenters. The Morgan fingerprint density at radius 2 is 1.65 bits per heavy atom. The van der Waals surface area contributed by atoms with E-state index in [2.05, 4.69) is 4.72 Å².